The molecule has 240 valence electrons. The van der Waals surface area contributed by atoms with Crippen molar-refractivity contribution in [3.05, 3.63) is 96.5 Å². The molecule has 0 unspecified atom stereocenters. The van der Waals surface area contributed by atoms with Crippen molar-refractivity contribution in [2.75, 3.05) is 39.3 Å². The minimum Gasteiger partial charge on any atom is -0.506 e. The maximum atomic E-state index is 12.8. The first-order chi connectivity index (χ1) is 22.2. The van der Waals surface area contributed by atoms with Crippen LogP contribution in [0.5, 0.6) is 5.75 Å². The summed E-state index contributed by atoms with van der Waals surface area (Å²) in [6.45, 7) is 7.25. The van der Waals surface area contributed by atoms with E-state index in [1.54, 1.807) is 66.9 Å². The molecule has 5 N–H and O–H groups in total. The maximum Gasteiger partial charge on any atom is 0.281 e. The number of amides is 3. The third-order valence-corrected chi connectivity index (χ3v) is 10.1. The maximum absolute atomic E-state index is 12.8. The Balaban J connectivity index is 1.09. The zero-order valence-corrected chi connectivity index (χ0v) is 28.0. The number of piperazine rings is 1. The predicted molar refractivity (Wildman–Crippen MR) is 185 cm³/mol. The van der Waals surface area contributed by atoms with Crippen molar-refractivity contribution >= 4 is 69.3 Å². The Morgan fingerprint density at radius 1 is 0.935 bits per heavy atom. The number of carbonyl (C=O) groups is 3. The number of halogens is 2. The molecule has 1 aliphatic rings. The van der Waals surface area contributed by atoms with Gasteiger partial charge in [0.15, 0.2) is 0 Å². The van der Waals surface area contributed by atoms with Gasteiger partial charge in [-0.3, -0.25) is 19.3 Å². The summed E-state index contributed by atoms with van der Waals surface area (Å²) in [5.74, 6) is -0.913. The lowest BCUT2D eigenvalue weighted by molar-refractivity contribution is 0.0940. The molecule has 14 heteroatoms. The molecule has 4 aromatic rings. The summed E-state index contributed by atoms with van der Waals surface area (Å²) in [6.07, 6.45) is 0. The summed E-state index contributed by atoms with van der Waals surface area (Å²) < 4.78 is 0. The average Bonchev–Trinajstić information content (AvgIpc) is 3.72. The Kier molecular flexibility index (Phi) is 11.4. The van der Waals surface area contributed by atoms with Crippen LogP contribution in [0.25, 0.3) is 10.4 Å². The molecule has 10 nitrogen and oxygen atoms in total. The Bertz CT molecular complexity index is 1750. The SMILES string of the molecule is C/C(=N\NC(=O)c1ccc(C(=O)NCc2ccc(C(=O)NCCN3CCNCC3)cc2)s1)c1csc(-c2ccc(Cl)c(Cl)c2)c1O. The van der Waals surface area contributed by atoms with Crippen molar-refractivity contribution in [2.24, 2.45) is 5.10 Å². The highest BCUT2D eigenvalue weighted by atomic mass is 35.5. The predicted octanol–water partition coefficient (Wildman–Crippen LogP) is 5.21. The molecule has 3 amide bonds. The first kappa shape index (κ1) is 33.6. The molecular weight excluding hydrogens is 667 g/mol. The van der Waals surface area contributed by atoms with Crippen LogP contribution in [0, 0.1) is 0 Å². The monoisotopic (exact) mass is 698 g/mol. The van der Waals surface area contributed by atoms with Gasteiger partial charge in [0.25, 0.3) is 17.7 Å². The van der Waals surface area contributed by atoms with Crippen LogP contribution < -0.4 is 21.4 Å². The van der Waals surface area contributed by atoms with Crippen LogP contribution in [0.4, 0.5) is 0 Å². The summed E-state index contributed by atoms with van der Waals surface area (Å²) >= 11 is 14.5. The van der Waals surface area contributed by atoms with Gasteiger partial charge in [-0.1, -0.05) is 41.4 Å². The normalized spacial score (nSPS) is 13.8. The van der Waals surface area contributed by atoms with Gasteiger partial charge in [0.1, 0.15) is 5.75 Å². The topological polar surface area (TPSA) is 135 Å². The quantitative estimate of drug-likeness (QED) is 0.108. The molecule has 0 radical (unpaired) electrons. The zero-order chi connectivity index (χ0) is 32.6. The van der Waals surface area contributed by atoms with Gasteiger partial charge in [0.2, 0.25) is 0 Å². The molecule has 0 saturated carbocycles. The Labute approximate surface area is 284 Å². The largest absolute Gasteiger partial charge is 0.506 e. The van der Waals surface area contributed by atoms with Gasteiger partial charge < -0.3 is 21.1 Å². The molecule has 1 saturated heterocycles. The summed E-state index contributed by atoms with van der Waals surface area (Å²) in [4.78, 5) is 41.6. The van der Waals surface area contributed by atoms with Crippen LogP contribution in [0.2, 0.25) is 10.0 Å². The second-order valence-corrected chi connectivity index (χ2v) is 13.3. The van der Waals surface area contributed by atoms with Crippen molar-refractivity contribution in [3.63, 3.8) is 0 Å². The van der Waals surface area contributed by atoms with Crippen molar-refractivity contribution in [1.82, 2.24) is 26.3 Å². The first-order valence-electron chi connectivity index (χ1n) is 14.5. The van der Waals surface area contributed by atoms with Crippen molar-refractivity contribution < 1.29 is 19.5 Å². The van der Waals surface area contributed by atoms with Crippen molar-refractivity contribution in [2.45, 2.75) is 13.5 Å². The summed E-state index contributed by atoms with van der Waals surface area (Å²) in [5.41, 5.74) is 5.47. The van der Waals surface area contributed by atoms with Crippen molar-refractivity contribution in [1.29, 1.82) is 0 Å². The standard InChI is InChI=1S/C32H32Cl2N6O4S2/c1-19(23-18-45-29(28(23)41)22-6-7-24(33)25(34)16-22)38-39-32(44)27-9-8-26(46-27)31(43)37-17-20-2-4-21(5-3-20)30(42)36-12-15-40-13-10-35-11-14-40/h2-9,16,18,35,41H,10-15,17H2,1H3,(H,36,42)(H,37,43)(H,39,44)/b38-19+. The van der Waals surface area contributed by atoms with Crippen LogP contribution >= 0.6 is 45.9 Å². The number of hydrazone groups is 1. The van der Waals surface area contributed by atoms with Gasteiger partial charge in [-0.15, -0.1) is 22.7 Å². The highest BCUT2D eigenvalue weighted by Gasteiger charge is 2.18. The van der Waals surface area contributed by atoms with E-state index in [0.29, 0.717) is 53.6 Å². The fourth-order valence-electron chi connectivity index (χ4n) is 4.69. The Morgan fingerprint density at radius 2 is 1.65 bits per heavy atom. The summed E-state index contributed by atoms with van der Waals surface area (Å²) in [6, 6.07) is 15.3. The number of nitrogens with zero attached hydrogens (tertiary/aromatic N) is 2. The minimum atomic E-state index is -0.482. The average molecular weight is 700 g/mol. The van der Waals surface area contributed by atoms with Crippen molar-refractivity contribution in [3.8, 4) is 16.2 Å². The Morgan fingerprint density at radius 3 is 2.37 bits per heavy atom. The number of hydrogen-bond acceptors (Lipinski definition) is 9. The molecule has 1 fully saturated rings. The molecule has 3 heterocycles. The molecule has 46 heavy (non-hydrogen) atoms. The Hall–Kier alpha value is -3.78. The van der Waals surface area contributed by atoms with E-state index in [0.717, 1.165) is 49.6 Å². The van der Waals surface area contributed by atoms with Gasteiger partial charge in [-0.25, -0.2) is 5.43 Å². The number of rotatable bonds is 11. The van der Waals surface area contributed by atoms with Crippen LogP contribution in [-0.4, -0.2) is 72.7 Å². The number of aromatic hydroxyl groups is 1. The number of thiophene rings is 2. The number of hydrogen-bond donors (Lipinski definition) is 5. The summed E-state index contributed by atoms with van der Waals surface area (Å²) in [5, 5.41) is 26.6. The number of carbonyl (C=O) groups excluding carboxylic acids is 3. The second-order valence-electron chi connectivity index (χ2n) is 10.5. The highest BCUT2D eigenvalue weighted by molar-refractivity contribution is 7.16. The molecule has 0 spiro atoms. The number of nitrogens with one attached hydrogen (secondary N) is 4. The summed E-state index contributed by atoms with van der Waals surface area (Å²) in [7, 11) is 0. The van der Waals surface area contributed by atoms with Gasteiger partial charge >= 0.3 is 0 Å². The van der Waals surface area contributed by atoms with Crippen LogP contribution in [0.15, 0.2) is 65.1 Å². The fraction of sp³-hybridized carbons (Fsp3) is 0.250. The molecule has 2 aromatic carbocycles. The smallest absolute Gasteiger partial charge is 0.281 e. The van der Waals surface area contributed by atoms with E-state index in [4.69, 9.17) is 23.2 Å². The second kappa shape index (κ2) is 15.7. The molecule has 5 rings (SSSR count). The minimum absolute atomic E-state index is 0.0215. The highest BCUT2D eigenvalue weighted by Crippen LogP contribution is 2.40. The van der Waals surface area contributed by atoms with Gasteiger partial charge in [-0.05, 0) is 54.4 Å². The van der Waals surface area contributed by atoms with E-state index >= 15 is 0 Å². The van der Waals surface area contributed by atoms with Gasteiger partial charge in [0.05, 0.1) is 36.0 Å². The van der Waals surface area contributed by atoms with Gasteiger partial charge in [-0.2, -0.15) is 5.10 Å². The molecule has 0 aliphatic carbocycles. The van der Waals surface area contributed by atoms with E-state index in [-0.39, 0.29) is 24.1 Å². The number of benzene rings is 2. The van der Waals surface area contributed by atoms with E-state index in [1.165, 1.54) is 11.3 Å². The van der Waals surface area contributed by atoms with Crippen LogP contribution in [0.3, 0.4) is 0 Å². The molecular formula is C32H32Cl2N6O4S2. The fourth-order valence-corrected chi connectivity index (χ4v) is 6.80. The third kappa shape index (κ3) is 8.52. The van der Waals surface area contributed by atoms with E-state index in [2.05, 4.69) is 31.4 Å². The zero-order valence-electron chi connectivity index (χ0n) is 24.9. The lowest BCUT2D eigenvalue weighted by Gasteiger charge is -2.27. The molecule has 0 bridgehead atoms. The van der Waals surface area contributed by atoms with E-state index < -0.39 is 5.91 Å². The molecule has 2 aromatic heterocycles. The van der Waals surface area contributed by atoms with E-state index in [9.17, 15) is 19.5 Å². The lowest BCUT2D eigenvalue weighted by atomic mass is 10.1. The third-order valence-electron chi connectivity index (χ3n) is 7.31. The van der Waals surface area contributed by atoms with Crippen LogP contribution in [0.1, 0.15) is 47.8 Å². The molecule has 0 atom stereocenters. The van der Waals surface area contributed by atoms with E-state index in [1.807, 2.05) is 0 Å². The van der Waals surface area contributed by atoms with Gasteiger partial charge in [0, 0.05) is 56.8 Å². The lowest BCUT2D eigenvalue weighted by Crippen LogP contribution is -2.46. The van der Waals surface area contributed by atoms with Crippen LogP contribution in [-0.2, 0) is 6.54 Å². The first-order valence-corrected chi connectivity index (χ1v) is 16.9. The molecule has 1 aliphatic heterocycles.